The van der Waals surface area contributed by atoms with Crippen LogP contribution in [0.4, 0.5) is 11.4 Å². The summed E-state index contributed by atoms with van der Waals surface area (Å²) in [5, 5.41) is 14.7. The summed E-state index contributed by atoms with van der Waals surface area (Å²) in [6.07, 6.45) is 2.31. The first kappa shape index (κ1) is 19.8. The van der Waals surface area contributed by atoms with Crippen LogP contribution >= 0.6 is 0 Å². The van der Waals surface area contributed by atoms with Gasteiger partial charge in [-0.2, -0.15) is 0 Å². The normalized spacial score (nSPS) is 15.2. The van der Waals surface area contributed by atoms with Gasteiger partial charge in [-0.05, 0) is 62.7 Å². The van der Waals surface area contributed by atoms with E-state index in [0.717, 1.165) is 37.2 Å². The van der Waals surface area contributed by atoms with Crippen LogP contribution in [0.15, 0.2) is 42.5 Å². The highest BCUT2D eigenvalue weighted by Crippen LogP contribution is 2.30. The molecular weight excluding hydrogens is 358 g/mol. The molecule has 0 aromatic heterocycles. The van der Waals surface area contributed by atoms with Crippen molar-refractivity contribution in [2.24, 2.45) is 0 Å². The lowest BCUT2D eigenvalue weighted by atomic mass is 10.0. The average Bonchev–Trinajstić information content (AvgIpc) is 3.23. The van der Waals surface area contributed by atoms with Crippen LogP contribution in [0.2, 0.25) is 0 Å². The molecule has 0 bridgehead atoms. The van der Waals surface area contributed by atoms with E-state index >= 15 is 0 Å². The number of benzene rings is 2. The van der Waals surface area contributed by atoms with Crippen molar-refractivity contribution in [3.8, 4) is 5.75 Å². The zero-order chi connectivity index (χ0) is 20.1. The fourth-order valence-electron chi connectivity index (χ4n) is 3.59. The summed E-state index contributed by atoms with van der Waals surface area (Å²) in [6.45, 7) is 3.94. The maximum Gasteiger partial charge on any atom is 0.293 e. The Morgan fingerprint density at radius 1 is 1.21 bits per heavy atom. The summed E-state index contributed by atoms with van der Waals surface area (Å²) in [5.74, 6) is 0.607. The number of nitrogens with zero attached hydrogens (tertiary/aromatic N) is 2. The molecule has 1 saturated heterocycles. The lowest BCUT2D eigenvalue weighted by Gasteiger charge is -2.28. The summed E-state index contributed by atoms with van der Waals surface area (Å²) in [6, 6.07) is 12.6. The SMILES string of the molecule is COc1ccc([C@@H](CNc2ccc(C(C)=O)cc2[N+](=O)[O-])N2CCCC2)cc1. The Labute approximate surface area is 164 Å². The van der Waals surface area contributed by atoms with Crippen LogP contribution in [0.1, 0.15) is 41.7 Å². The third-order valence-electron chi connectivity index (χ3n) is 5.17. The second-order valence-corrected chi connectivity index (χ2v) is 6.96. The van der Waals surface area contributed by atoms with Gasteiger partial charge in [0.1, 0.15) is 11.4 Å². The highest BCUT2D eigenvalue weighted by atomic mass is 16.6. The van der Waals surface area contributed by atoms with Gasteiger partial charge in [-0.1, -0.05) is 12.1 Å². The van der Waals surface area contributed by atoms with E-state index < -0.39 is 4.92 Å². The van der Waals surface area contributed by atoms with Crippen molar-refractivity contribution in [3.63, 3.8) is 0 Å². The van der Waals surface area contributed by atoms with Crippen molar-refractivity contribution in [3.05, 3.63) is 63.7 Å². The van der Waals surface area contributed by atoms with Gasteiger partial charge in [0.25, 0.3) is 5.69 Å². The molecule has 1 atom stereocenters. The van der Waals surface area contributed by atoms with Crippen LogP contribution in [-0.2, 0) is 0 Å². The molecule has 1 fully saturated rings. The average molecular weight is 383 g/mol. The number of nitrogens with one attached hydrogen (secondary N) is 1. The molecule has 0 spiro atoms. The van der Waals surface area contributed by atoms with E-state index in [0.29, 0.717) is 17.8 Å². The molecule has 28 heavy (non-hydrogen) atoms. The van der Waals surface area contributed by atoms with Gasteiger partial charge in [-0.15, -0.1) is 0 Å². The summed E-state index contributed by atoms with van der Waals surface area (Å²) in [5.41, 5.74) is 1.82. The lowest BCUT2D eigenvalue weighted by molar-refractivity contribution is -0.384. The third kappa shape index (κ3) is 4.48. The van der Waals surface area contributed by atoms with Gasteiger partial charge in [0.2, 0.25) is 0 Å². The van der Waals surface area contributed by atoms with Crippen molar-refractivity contribution in [2.45, 2.75) is 25.8 Å². The van der Waals surface area contributed by atoms with Gasteiger partial charge in [0, 0.05) is 18.2 Å². The molecule has 7 nitrogen and oxygen atoms in total. The summed E-state index contributed by atoms with van der Waals surface area (Å²) in [4.78, 5) is 25.0. The Morgan fingerprint density at radius 3 is 2.46 bits per heavy atom. The van der Waals surface area contributed by atoms with Crippen molar-refractivity contribution in [1.29, 1.82) is 0 Å². The molecule has 148 valence electrons. The number of Topliss-reactive ketones (excluding diaryl/α,β-unsaturated/α-hetero) is 1. The van der Waals surface area contributed by atoms with Gasteiger partial charge in [-0.25, -0.2) is 0 Å². The predicted octanol–water partition coefficient (Wildman–Crippen LogP) is 4.06. The standard InChI is InChI=1S/C21H25N3O4/c1-15(25)17-7-10-19(20(13-17)24(26)27)22-14-21(23-11-3-4-12-23)16-5-8-18(28-2)9-6-16/h5-10,13,21-22H,3-4,11-12,14H2,1-2H3/t21-/m1/s1. The Hall–Kier alpha value is -2.93. The third-order valence-corrected chi connectivity index (χ3v) is 5.17. The van der Waals surface area contributed by atoms with E-state index in [1.165, 1.54) is 13.0 Å². The maximum absolute atomic E-state index is 11.5. The van der Waals surface area contributed by atoms with Gasteiger partial charge in [-0.3, -0.25) is 19.8 Å². The number of nitro groups is 1. The molecule has 1 heterocycles. The number of ketones is 1. The fraction of sp³-hybridized carbons (Fsp3) is 0.381. The Bertz CT molecular complexity index is 845. The number of hydrogen-bond donors (Lipinski definition) is 1. The number of rotatable bonds is 8. The van der Waals surface area contributed by atoms with Crippen LogP contribution in [0.5, 0.6) is 5.75 Å². The largest absolute Gasteiger partial charge is 0.497 e. The lowest BCUT2D eigenvalue weighted by Crippen LogP contribution is -2.31. The number of hydrogen-bond acceptors (Lipinski definition) is 6. The van der Waals surface area contributed by atoms with Gasteiger partial charge in [0.05, 0.1) is 18.1 Å². The molecule has 2 aromatic rings. The van der Waals surface area contributed by atoms with Crippen LogP contribution in [0.3, 0.4) is 0 Å². The monoisotopic (exact) mass is 383 g/mol. The molecule has 1 aliphatic rings. The van der Waals surface area contributed by atoms with E-state index in [1.54, 1.807) is 19.2 Å². The van der Waals surface area contributed by atoms with Crippen LogP contribution in [0, 0.1) is 10.1 Å². The van der Waals surface area contributed by atoms with Crippen LogP contribution in [-0.4, -0.2) is 42.4 Å². The molecule has 0 aliphatic carbocycles. The Kier molecular flexibility index (Phi) is 6.26. The Morgan fingerprint density at radius 2 is 1.89 bits per heavy atom. The fourth-order valence-corrected chi connectivity index (χ4v) is 3.59. The number of nitro benzene ring substituents is 1. The maximum atomic E-state index is 11.5. The summed E-state index contributed by atoms with van der Waals surface area (Å²) in [7, 11) is 1.64. The number of carbonyl (C=O) groups excluding carboxylic acids is 1. The van der Waals surface area contributed by atoms with E-state index in [2.05, 4.69) is 10.2 Å². The summed E-state index contributed by atoms with van der Waals surface area (Å²) < 4.78 is 5.24. The van der Waals surface area contributed by atoms with Gasteiger partial charge < -0.3 is 10.1 Å². The minimum atomic E-state index is -0.451. The molecule has 1 aliphatic heterocycles. The molecule has 1 N–H and O–H groups in total. The predicted molar refractivity (Wildman–Crippen MR) is 108 cm³/mol. The molecule has 3 rings (SSSR count). The van der Waals surface area contributed by atoms with Crippen LogP contribution in [0.25, 0.3) is 0 Å². The molecule has 0 unspecified atom stereocenters. The second-order valence-electron chi connectivity index (χ2n) is 6.96. The first-order chi connectivity index (χ1) is 13.5. The number of carbonyl (C=O) groups is 1. The minimum absolute atomic E-state index is 0.0809. The van der Waals surface area contributed by atoms with Gasteiger partial charge in [0.15, 0.2) is 5.78 Å². The quantitative estimate of drug-likeness (QED) is 0.420. The second kappa shape index (κ2) is 8.84. The molecule has 2 aromatic carbocycles. The molecule has 0 radical (unpaired) electrons. The first-order valence-corrected chi connectivity index (χ1v) is 9.41. The zero-order valence-electron chi connectivity index (χ0n) is 16.2. The highest BCUT2D eigenvalue weighted by Gasteiger charge is 2.25. The van der Waals surface area contributed by atoms with Crippen LogP contribution < -0.4 is 10.1 Å². The van der Waals surface area contributed by atoms with Crippen molar-refractivity contribution >= 4 is 17.2 Å². The smallest absolute Gasteiger partial charge is 0.293 e. The molecule has 7 heteroatoms. The van der Waals surface area contributed by atoms with E-state index in [9.17, 15) is 14.9 Å². The topological polar surface area (TPSA) is 84.7 Å². The number of likely N-dealkylation sites (tertiary alicyclic amines) is 1. The van der Waals surface area contributed by atoms with E-state index in [4.69, 9.17) is 4.74 Å². The number of ether oxygens (including phenoxy) is 1. The van der Waals surface area contributed by atoms with Crippen molar-refractivity contribution in [2.75, 3.05) is 32.1 Å². The van der Waals surface area contributed by atoms with E-state index in [-0.39, 0.29) is 17.5 Å². The molecule has 0 amide bonds. The zero-order valence-corrected chi connectivity index (χ0v) is 16.2. The molecule has 0 saturated carbocycles. The first-order valence-electron chi connectivity index (χ1n) is 9.41. The minimum Gasteiger partial charge on any atom is -0.497 e. The van der Waals surface area contributed by atoms with E-state index in [1.807, 2.05) is 24.3 Å². The molecular formula is C21H25N3O4. The number of methoxy groups -OCH3 is 1. The van der Waals surface area contributed by atoms with Gasteiger partial charge >= 0.3 is 0 Å². The van der Waals surface area contributed by atoms with Crippen molar-refractivity contribution in [1.82, 2.24) is 4.90 Å². The Balaban J connectivity index is 1.83. The van der Waals surface area contributed by atoms with Crippen molar-refractivity contribution < 1.29 is 14.5 Å². The highest BCUT2D eigenvalue weighted by molar-refractivity contribution is 5.95. The summed E-state index contributed by atoms with van der Waals surface area (Å²) >= 11 is 0. The number of anilines is 1.